The van der Waals surface area contributed by atoms with Gasteiger partial charge in [0.1, 0.15) is 11.4 Å². The molecule has 5 rings (SSSR count). The van der Waals surface area contributed by atoms with Gasteiger partial charge in [-0.2, -0.15) is 0 Å². The third-order valence-electron chi connectivity index (χ3n) is 5.80. The van der Waals surface area contributed by atoms with Crippen molar-refractivity contribution in [3.63, 3.8) is 0 Å². The fraction of sp³-hybridized carbons (Fsp3) is 0.304. The Morgan fingerprint density at radius 1 is 1.00 bits per heavy atom. The van der Waals surface area contributed by atoms with Crippen LogP contribution in [0.5, 0.6) is 0 Å². The number of hydrogen-bond acceptors (Lipinski definition) is 5. The van der Waals surface area contributed by atoms with Gasteiger partial charge in [0.25, 0.3) is 5.91 Å². The third kappa shape index (κ3) is 3.20. The van der Waals surface area contributed by atoms with E-state index in [-0.39, 0.29) is 22.7 Å². The van der Waals surface area contributed by atoms with Crippen molar-refractivity contribution in [2.24, 2.45) is 0 Å². The van der Waals surface area contributed by atoms with Crippen LogP contribution >= 0.6 is 0 Å². The second-order valence-corrected chi connectivity index (χ2v) is 7.58. The fourth-order valence-corrected chi connectivity index (χ4v) is 4.29. The Morgan fingerprint density at radius 2 is 1.80 bits per heavy atom. The molecule has 7 heteroatoms. The number of fused-ring (bicyclic) bond motifs is 2. The molecule has 1 aromatic heterocycles. The maximum atomic E-state index is 14.0. The molecule has 154 valence electrons. The van der Waals surface area contributed by atoms with Gasteiger partial charge in [-0.1, -0.05) is 24.3 Å². The summed E-state index contributed by atoms with van der Waals surface area (Å²) in [6.45, 7) is 3.95. The van der Waals surface area contributed by atoms with Gasteiger partial charge in [-0.25, -0.2) is 4.39 Å². The van der Waals surface area contributed by atoms with E-state index in [1.165, 1.54) is 12.1 Å². The highest BCUT2D eigenvalue weighted by atomic mass is 19.1. The van der Waals surface area contributed by atoms with E-state index < -0.39 is 11.9 Å². The first kappa shape index (κ1) is 19.0. The van der Waals surface area contributed by atoms with Crippen LogP contribution in [0.3, 0.4) is 0 Å². The number of benzene rings is 2. The van der Waals surface area contributed by atoms with Gasteiger partial charge in [0, 0.05) is 26.2 Å². The molecule has 6 nitrogen and oxygen atoms in total. The van der Waals surface area contributed by atoms with Crippen molar-refractivity contribution in [1.82, 2.24) is 9.80 Å². The Hall–Kier alpha value is -3.03. The second kappa shape index (κ2) is 7.66. The van der Waals surface area contributed by atoms with Crippen LogP contribution < -0.4 is 5.43 Å². The maximum absolute atomic E-state index is 14.0. The zero-order valence-electron chi connectivity index (χ0n) is 16.3. The molecule has 0 N–H and O–H groups in total. The summed E-state index contributed by atoms with van der Waals surface area (Å²) < 4.78 is 25.3. The highest BCUT2D eigenvalue weighted by Gasteiger charge is 2.42. The molecule has 30 heavy (non-hydrogen) atoms. The van der Waals surface area contributed by atoms with Crippen molar-refractivity contribution in [3.8, 4) is 0 Å². The summed E-state index contributed by atoms with van der Waals surface area (Å²) in [4.78, 5) is 30.5. The molecule has 2 aliphatic rings. The zero-order valence-corrected chi connectivity index (χ0v) is 16.3. The Morgan fingerprint density at radius 3 is 2.60 bits per heavy atom. The molecule has 1 atom stereocenters. The number of carbonyl (C=O) groups is 1. The van der Waals surface area contributed by atoms with Gasteiger partial charge in [0.15, 0.2) is 5.43 Å². The lowest BCUT2D eigenvalue weighted by Crippen LogP contribution is -2.42. The summed E-state index contributed by atoms with van der Waals surface area (Å²) in [5.74, 6) is -0.697. The van der Waals surface area contributed by atoms with E-state index in [0.717, 1.165) is 13.1 Å². The fourth-order valence-electron chi connectivity index (χ4n) is 4.29. The van der Waals surface area contributed by atoms with Crippen LogP contribution in [-0.4, -0.2) is 55.1 Å². The molecular weight excluding hydrogens is 387 g/mol. The van der Waals surface area contributed by atoms with E-state index in [4.69, 9.17) is 9.15 Å². The molecule has 2 aliphatic heterocycles. The molecule has 1 saturated heterocycles. The minimum absolute atomic E-state index is 0.0509. The lowest BCUT2D eigenvalue weighted by Gasteiger charge is -2.31. The van der Waals surface area contributed by atoms with Gasteiger partial charge >= 0.3 is 0 Å². The van der Waals surface area contributed by atoms with E-state index in [9.17, 15) is 14.0 Å². The van der Waals surface area contributed by atoms with Crippen LogP contribution in [0.4, 0.5) is 4.39 Å². The van der Waals surface area contributed by atoms with Crippen LogP contribution in [-0.2, 0) is 4.74 Å². The van der Waals surface area contributed by atoms with Crippen molar-refractivity contribution >= 4 is 16.9 Å². The number of rotatable bonds is 4. The lowest BCUT2D eigenvalue weighted by atomic mass is 9.98. The summed E-state index contributed by atoms with van der Waals surface area (Å²) in [7, 11) is 0. The van der Waals surface area contributed by atoms with Crippen molar-refractivity contribution < 1.29 is 18.3 Å². The molecule has 3 aromatic rings. The van der Waals surface area contributed by atoms with E-state index >= 15 is 0 Å². The number of morpholine rings is 1. The lowest BCUT2D eigenvalue weighted by molar-refractivity contribution is 0.0314. The molecule has 1 fully saturated rings. The number of ether oxygens (including phenoxy) is 1. The predicted octanol–water partition coefficient (Wildman–Crippen LogP) is 2.81. The monoisotopic (exact) mass is 408 g/mol. The van der Waals surface area contributed by atoms with Gasteiger partial charge in [0.05, 0.1) is 30.2 Å². The average molecular weight is 408 g/mol. The number of hydrogen-bond donors (Lipinski definition) is 0. The topological polar surface area (TPSA) is 63.0 Å². The normalized spacial score (nSPS) is 19.4. The quantitative estimate of drug-likeness (QED) is 0.664. The molecule has 0 bridgehead atoms. The first-order valence-corrected chi connectivity index (χ1v) is 10.1. The van der Waals surface area contributed by atoms with Crippen molar-refractivity contribution in [3.05, 3.63) is 81.5 Å². The predicted molar refractivity (Wildman–Crippen MR) is 109 cm³/mol. The zero-order chi connectivity index (χ0) is 20.7. The van der Waals surface area contributed by atoms with E-state index in [1.54, 1.807) is 41.3 Å². The minimum Gasteiger partial charge on any atom is -0.450 e. The van der Waals surface area contributed by atoms with E-state index in [0.29, 0.717) is 42.8 Å². The van der Waals surface area contributed by atoms with Crippen LogP contribution in [0.1, 0.15) is 27.7 Å². The highest BCUT2D eigenvalue weighted by molar-refractivity contribution is 5.99. The summed E-state index contributed by atoms with van der Waals surface area (Å²) >= 11 is 0. The summed E-state index contributed by atoms with van der Waals surface area (Å²) in [6.07, 6.45) is 0. The number of carbonyl (C=O) groups excluding carboxylic acids is 1. The van der Waals surface area contributed by atoms with Gasteiger partial charge < -0.3 is 14.1 Å². The van der Waals surface area contributed by atoms with Crippen LogP contribution in [0, 0.1) is 5.82 Å². The number of halogens is 1. The van der Waals surface area contributed by atoms with Gasteiger partial charge in [-0.3, -0.25) is 14.5 Å². The number of amides is 1. The standard InChI is InChI=1S/C23H21FN2O4/c24-16-5-3-4-15(14-16)20-19-21(27)17-6-1-2-7-18(17)30-22(19)23(28)26(20)9-8-25-10-12-29-13-11-25/h1-7,14,20H,8-13H2/t20-/m1/s1. The molecule has 0 aliphatic carbocycles. The first-order valence-electron chi connectivity index (χ1n) is 10.1. The Bertz CT molecular complexity index is 1170. The smallest absolute Gasteiger partial charge is 0.290 e. The van der Waals surface area contributed by atoms with Crippen molar-refractivity contribution in [2.75, 3.05) is 39.4 Å². The van der Waals surface area contributed by atoms with Gasteiger partial charge in [-0.05, 0) is 29.8 Å². The number of para-hydroxylation sites is 1. The Balaban J connectivity index is 1.60. The first-order chi connectivity index (χ1) is 14.6. The summed E-state index contributed by atoms with van der Waals surface area (Å²) in [5.41, 5.74) is 0.976. The van der Waals surface area contributed by atoms with Gasteiger partial charge in [0.2, 0.25) is 5.76 Å². The molecule has 0 spiro atoms. The SMILES string of the molecule is O=C1c2oc3ccccc3c(=O)c2[C@@H](c2cccc(F)c2)N1CCN1CCOCC1. The number of nitrogens with zero attached hydrogens (tertiary/aromatic N) is 2. The van der Waals surface area contributed by atoms with Crippen LogP contribution in [0.25, 0.3) is 11.0 Å². The molecule has 0 radical (unpaired) electrons. The molecule has 1 amide bonds. The molecule has 3 heterocycles. The third-order valence-corrected chi connectivity index (χ3v) is 5.80. The van der Waals surface area contributed by atoms with Crippen LogP contribution in [0.15, 0.2) is 57.7 Å². The Labute approximate surface area is 172 Å². The molecule has 2 aromatic carbocycles. The molecule has 0 unspecified atom stereocenters. The second-order valence-electron chi connectivity index (χ2n) is 7.58. The highest BCUT2D eigenvalue weighted by Crippen LogP contribution is 2.38. The van der Waals surface area contributed by atoms with Gasteiger partial charge in [-0.15, -0.1) is 0 Å². The van der Waals surface area contributed by atoms with Crippen LogP contribution in [0.2, 0.25) is 0 Å². The largest absolute Gasteiger partial charge is 0.450 e. The van der Waals surface area contributed by atoms with E-state index in [2.05, 4.69) is 4.90 Å². The van der Waals surface area contributed by atoms with E-state index in [1.807, 2.05) is 0 Å². The van der Waals surface area contributed by atoms with Crippen molar-refractivity contribution in [2.45, 2.75) is 6.04 Å². The molecule has 0 saturated carbocycles. The Kier molecular flexibility index (Phi) is 4.84. The summed E-state index contributed by atoms with van der Waals surface area (Å²) in [6, 6.07) is 12.3. The van der Waals surface area contributed by atoms with Crippen molar-refractivity contribution in [1.29, 1.82) is 0 Å². The minimum atomic E-state index is -0.676. The molecular formula is C23H21FN2O4. The summed E-state index contributed by atoms with van der Waals surface area (Å²) in [5, 5.41) is 0.417. The maximum Gasteiger partial charge on any atom is 0.290 e. The average Bonchev–Trinajstić information content (AvgIpc) is 3.05.